The molecule has 1 aromatic heterocycles. The lowest BCUT2D eigenvalue weighted by Gasteiger charge is -2.09. The van der Waals surface area contributed by atoms with Gasteiger partial charge in [0.25, 0.3) is 5.91 Å². The summed E-state index contributed by atoms with van der Waals surface area (Å²) >= 11 is 1.39. The molecule has 0 aliphatic carbocycles. The van der Waals surface area contributed by atoms with Crippen molar-refractivity contribution in [3.8, 4) is 22.6 Å². The molecule has 0 fully saturated rings. The van der Waals surface area contributed by atoms with Crippen LogP contribution >= 0.6 is 11.3 Å². The normalized spacial score (nSPS) is 10.8. The van der Waals surface area contributed by atoms with Crippen molar-refractivity contribution in [1.29, 1.82) is 0 Å². The molecular weight excluding hydrogens is 372 g/mol. The number of hydrazone groups is 1. The number of hydrogen-bond acceptors (Lipinski definition) is 5. The smallest absolute Gasteiger partial charge is 0.282 e. The van der Waals surface area contributed by atoms with E-state index in [1.54, 1.807) is 13.3 Å². The second kappa shape index (κ2) is 9.19. The van der Waals surface area contributed by atoms with E-state index < -0.39 is 0 Å². The molecule has 0 saturated carbocycles. The van der Waals surface area contributed by atoms with Crippen molar-refractivity contribution in [3.05, 3.63) is 69.9 Å². The number of nitrogens with one attached hydrogen (secondary N) is 1. The Hall–Kier alpha value is -3.12. The van der Waals surface area contributed by atoms with Gasteiger partial charge in [-0.25, -0.2) is 5.43 Å². The summed E-state index contributed by atoms with van der Waals surface area (Å²) in [5, 5.41) is 5.99. The van der Waals surface area contributed by atoms with Crippen molar-refractivity contribution in [2.24, 2.45) is 5.10 Å². The molecule has 6 heteroatoms. The number of carbonyl (C=O) groups is 1. The van der Waals surface area contributed by atoms with Crippen LogP contribution in [0.5, 0.6) is 11.5 Å². The van der Waals surface area contributed by atoms with Gasteiger partial charge in [-0.1, -0.05) is 29.8 Å². The van der Waals surface area contributed by atoms with Crippen LogP contribution in [0.2, 0.25) is 0 Å². The highest BCUT2D eigenvalue weighted by Gasteiger charge is 2.14. The number of ether oxygens (including phenoxy) is 2. The van der Waals surface area contributed by atoms with Gasteiger partial charge in [0.1, 0.15) is 4.88 Å². The molecule has 3 aromatic rings. The van der Waals surface area contributed by atoms with Gasteiger partial charge in [0.15, 0.2) is 11.5 Å². The first kappa shape index (κ1) is 19.6. The molecular formula is C22H22N2O3S. The van der Waals surface area contributed by atoms with Gasteiger partial charge in [0.2, 0.25) is 0 Å². The van der Waals surface area contributed by atoms with Gasteiger partial charge in [-0.05, 0) is 54.6 Å². The van der Waals surface area contributed by atoms with Crippen molar-refractivity contribution >= 4 is 23.5 Å². The standard InChI is InChI=1S/C22H22N2O3S/c1-4-27-19-10-7-16(13-20(19)26-3)14-23-24-22(25)21-18(11-12-28-21)17-8-5-15(2)6-9-17/h5-14H,4H2,1-3H3,(H,24,25)/b23-14-. The first-order chi connectivity index (χ1) is 13.6. The van der Waals surface area contributed by atoms with Crippen LogP contribution in [0.25, 0.3) is 11.1 Å². The lowest BCUT2D eigenvalue weighted by atomic mass is 10.1. The third kappa shape index (κ3) is 4.58. The Morgan fingerprint density at radius 3 is 2.64 bits per heavy atom. The van der Waals surface area contributed by atoms with Gasteiger partial charge in [-0.3, -0.25) is 4.79 Å². The Kier molecular flexibility index (Phi) is 6.45. The minimum atomic E-state index is -0.236. The number of thiophene rings is 1. The fourth-order valence-electron chi connectivity index (χ4n) is 2.70. The van der Waals surface area contributed by atoms with Crippen LogP contribution in [0.15, 0.2) is 59.0 Å². The predicted octanol–water partition coefficient (Wildman–Crippen LogP) is 4.89. The second-order valence-electron chi connectivity index (χ2n) is 6.07. The number of hydrogen-bond donors (Lipinski definition) is 1. The van der Waals surface area contributed by atoms with E-state index in [1.165, 1.54) is 16.9 Å². The number of benzene rings is 2. The van der Waals surface area contributed by atoms with E-state index in [4.69, 9.17) is 9.47 Å². The third-order valence-corrected chi connectivity index (χ3v) is 5.01. The number of carbonyl (C=O) groups excluding carboxylic acids is 1. The zero-order valence-corrected chi connectivity index (χ0v) is 16.9. The summed E-state index contributed by atoms with van der Waals surface area (Å²) in [5.41, 5.74) is 6.49. The van der Waals surface area contributed by atoms with E-state index in [2.05, 4.69) is 10.5 Å². The minimum absolute atomic E-state index is 0.236. The lowest BCUT2D eigenvalue weighted by Crippen LogP contribution is -2.17. The summed E-state index contributed by atoms with van der Waals surface area (Å²) in [6, 6.07) is 15.5. The topological polar surface area (TPSA) is 59.9 Å². The molecule has 0 saturated heterocycles. The Balaban J connectivity index is 1.71. The lowest BCUT2D eigenvalue weighted by molar-refractivity contribution is 0.0960. The summed E-state index contributed by atoms with van der Waals surface area (Å²) in [5.74, 6) is 1.06. The first-order valence-electron chi connectivity index (χ1n) is 8.91. The minimum Gasteiger partial charge on any atom is -0.493 e. The molecule has 5 nitrogen and oxygen atoms in total. The molecule has 0 spiro atoms. The van der Waals surface area contributed by atoms with Crippen molar-refractivity contribution in [2.75, 3.05) is 13.7 Å². The second-order valence-corrected chi connectivity index (χ2v) is 6.99. The van der Waals surface area contributed by atoms with E-state index in [0.717, 1.165) is 16.7 Å². The van der Waals surface area contributed by atoms with Crippen molar-refractivity contribution in [1.82, 2.24) is 5.43 Å². The van der Waals surface area contributed by atoms with Gasteiger partial charge in [-0.15, -0.1) is 11.3 Å². The summed E-state index contributed by atoms with van der Waals surface area (Å²) in [7, 11) is 1.59. The molecule has 3 rings (SSSR count). The van der Waals surface area contributed by atoms with Crippen molar-refractivity contribution in [2.45, 2.75) is 13.8 Å². The van der Waals surface area contributed by atoms with Crippen LogP contribution in [-0.2, 0) is 0 Å². The Morgan fingerprint density at radius 2 is 1.93 bits per heavy atom. The molecule has 2 aromatic carbocycles. The average Bonchev–Trinajstić information content (AvgIpc) is 3.19. The van der Waals surface area contributed by atoms with Gasteiger partial charge in [0.05, 0.1) is 19.9 Å². The quantitative estimate of drug-likeness (QED) is 0.458. The molecule has 0 aliphatic rings. The SMILES string of the molecule is CCOc1ccc(/C=N\NC(=O)c2sccc2-c2ccc(C)cc2)cc1OC. The molecule has 0 unspecified atom stereocenters. The van der Waals surface area contributed by atoms with Crippen molar-refractivity contribution < 1.29 is 14.3 Å². The third-order valence-electron chi connectivity index (χ3n) is 4.10. The number of rotatable bonds is 7. The van der Waals surface area contributed by atoms with Gasteiger partial charge >= 0.3 is 0 Å². The monoisotopic (exact) mass is 394 g/mol. The fraction of sp³-hybridized carbons (Fsp3) is 0.182. The molecule has 0 radical (unpaired) electrons. The summed E-state index contributed by atoms with van der Waals surface area (Å²) in [6.45, 7) is 4.51. The molecule has 0 bridgehead atoms. The number of amides is 1. The summed E-state index contributed by atoms with van der Waals surface area (Å²) in [4.78, 5) is 13.2. The summed E-state index contributed by atoms with van der Waals surface area (Å²) in [6.07, 6.45) is 1.58. The Labute approximate surface area is 168 Å². The highest BCUT2D eigenvalue weighted by Crippen LogP contribution is 2.29. The molecule has 144 valence electrons. The highest BCUT2D eigenvalue weighted by atomic mass is 32.1. The van der Waals surface area contributed by atoms with Crippen LogP contribution < -0.4 is 14.9 Å². The van der Waals surface area contributed by atoms with Crippen molar-refractivity contribution in [3.63, 3.8) is 0 Å². The predicted molar refractivity (Wildman–Crippen MR) is 114 cm³/mol. The van der Waals surface area contributed by atoms with Crippen LogP contribution in [-0.4, -0.2) is 25.8 Å². The van der Waals surface area contributed by atoms with Gasteiger partial charge in [-0.2, -0.15) is 5.10 Å². The van der Waals surface area contributed by atoms with Crippen LogP contribution in [0.3, 0.4) is 0 Å². The van der Waals surface area contributed by atoms with Crippen LogP contribution in [0.4, 0.5) is 0 Å². The van der Waals surface area contributed by atoms with Crippen LogP contribution in [0.1, 0.15) is 27.7 Å². The average molecular weight is 394 g/mol. The van der Waals surface area contributed by atoms with E-state index >= 15 is 0 Å². The maximum atomic E-state index is 12.6. The van der Waals surface area contributed by atoms with Gasteiger partial charge < -0.3 is 9.47 Å². The van der Waals surface area contributed by atoms with E-state index in [9.17, 15) is 4.79 Å². The molecule has 1 N–H and O–H groups in total. The van der Waals surface area contributed by atoms with Crippen LogP contribution in [0, 0.1) is 6.92 Å². The van der Waals surface area contributed by atoms with Gasteiger partial charge in [0, 0.05) is 5.56 Å². The molecule has 28 heavy (non-hydrogen) atoms. The highest BCUT2D eigenvalue weighted by molar-refractivity contribution is 7.12. The molecule has 0 aliphatic heterocycles. The number of nitrogens with zero attached hydrogens (tertiary/aromatic N) is 1. The molecule has 0 atom stereocenters. The largest absolute Gasteiger partial charge is 0.493 e. The number of aryl methyl sites for hydroxylation is 1. The fourth-order valence-corrected chi connectivity index (χ4v) is 3.51. The maximum absolute atomic E-state index is 12.6. The summed E-state index contributed by atoms with van der Waals surface area (Å²) < 4.78 is 10.8. The maximum Gasteiger partial charge on any atom is 0.282 e. The molecule has 1 amide bonds. The first-order valence-corrected chi connectivity index (χ1v) is 9.79. The zero-order valence-electron chi connectivity index (χ0n) is 16.1. The number of methoxy groups -OCH3 is 1. The Bertz CT molecular complexity index is 978. The Morgan fingerprint density at radius 1 is 1.14 bits per heavy atom. The zero-order chi connectivity index (χ0) is 19.9. The van der Waals surface area contributed by atoms with E-state index in [0.29, 0.717) is 23.0 Å². The van der Waals surface area contributed by atoms with E-state index in [-0.39, 0.29) is 5.91 Å². The van der Waals surface area contributed by atoms with E-state index in [1.807, 2.05) is 67.8 Å². The molecule has 1 heterocycles.